The lowest BCUT2D eigenvalue weighted by Crippen LogP contribution is -2.27. The molecule has 7 nitrogen and oxygen atoms in total. The molecule has 31 heavy (non-hydrogen) atoms. The molecule has 12 heteroatoms. The summed E-state index contributed by atoms with van der Waals surface area (Å²) in [6.07, 6.45) is -4.90. The smallest absolute Gasteiger partial charge is 0.493 e. The summed E-state index contributed by atoms with van der Waals surface area (Å²) in [5.41, 5.74) is 0.0444. The van der Waals surface area contributed by atoms with Gasteiger partial charge in [0, 0.05) is 24.9 Å². The van der Waals surface area contributed by atoms with Crippen molar-refractivity contribution in [3.05, 3.63) is 54.1 Å². The van der Waals surface area contributed by atoms with Crippen molar-refractivity contribution in [3.63, 3.8) is 0 Å². The van der Waals surface area contributed by atoms with E-state index >= 15 is 0 Å². The van der Waals surface area contributed by atoms with Gasteiger partial charge in [-0.1, -0.05) is 25.1 Å². The second kappa shape index (κ2) is 9.88. The summed E-state index contributed by atoms with van der Waals surface area (Å²) < 4.78 is 96.4. The third kappa shape index (κ3) is 7.40. The lowest BCUT2D eigenvalue weighted by atomic mass is 10.2. The van der Waals surface area contributed by atoms with E-state index in [1.54, 1.807) is 0 Å². The molecule has 0 radical (unpaired) electrons. The average molecular weight is 482 g/mol. The topological polar surface area (TPSA) is 90.0 Å². The van der Waals surface area contributed by atoms with Gasteiger partial charge in [-0.05, 0) is 30.3 Å². The molecule has 0 saturated heterocycles. The van der Waals surface area contributed by atoms with Crippen LogP contribution in [0.1, 0.15) is 12.5 Å². The molecule has 0 N–H and O–H groups in total. The number of benzene rings is 2. The van der Waals surface area contributed by atoms with Crippen LogP contribution in [0.3, 0.4) is 0 Å². The quantitative estimate of drug-likeness (QED) is 0.518. The molecule has 0 bridgehead atoms. The van der Waals surface area contributed by atoms with Crippen molar-refractivity contribution in [1.82, 2.24) is 4.31 Å². The number of para-hydroxylation sites is 1. The molecule has 2 aromatic rings. The highest BCUT2D eigenvalue weighted by molar-refractivity contribution is 7.91. The van der Waals surface area contributed by atoms with Crippen molar-refractivity contribution < 1.29 is 39.5 Å². The Morgan fingerprint density at radius 3 is 2.16 bits per heavy atom. The SMILES string of the molecule is CCS(=O)(=O)CCOc1ccc(S(=O)(=O)N(C)Cc2ccccc2OC(F)(F)F)cc1. The monoisotopic (exact) mass is 481 g/mol. The van der Waals surface area contributed by atoms with E-state index in [-0.39, 0.29) is 40.9 Å². The minimum atomic E-state index is -4.90. The molecule has 0 spiro atoms. The van der Waals surface area contributed by atoms with Gasteiger partial charge in [-0.25, -0.2) is 16.8 Å². The van der Waals surface area contributed by atoms with Crippen LogP contribution in [0, 0.1) is 0 Å². The van der Waals surface area contributed by atoms with Gasteiger partial charge in [0.05, 0.1) is 10.6 Å². The highest BCUT2D eigenvalue weighted by Gasteiger charge is 2.32. The van der Waals surface area contributed by atoms with Gasteiger partial charge in [-0.2, -0.15) is 4.31 Å². The fraction of sp³-hybridized carbons (Fsp3) is 0.368. The third-order valence-electron chi connectivity index (χ3n) is 4.23. The highest BCUT2D eigenvalue weighted by Crippen LogP contribution is 2.28. The van der Waals surface area contributed by atoms with Crippen LogP contribution >= 0.6 is 0 Å². The predicted octanol–water partition coefficient (Wildman–Crippen LogP) is 3.22. The first kappa shape index (κ1) is 25.0. The summed E-state index contributed by atoms with van der Waals surface area (Å²) in [6, 6.07) is 10.6. The lowest BCUT2D eigenvalue weighted by molar-refractivity contribution is -0.274. The minimum absolute atomic E-state index is 0.00296. The third-order valence-corrected chi connectivity index (χ3v) is 7.71. The van der Waals surface area contributed by atoms with Crippen molar-refractivity contribution >= 4 is 19.9 Å². The number of alkyl halides is 3. The second-order valence-electron chi connectivity index (χ2n) is 6.47. The Kier molecular flexibility index (Phi) is 7.95. The van der Waals surface area contributed by atoms with E-state index in [2.05, 4.69) is 4.74 Å². The summed E-state index contributed by atoms with van der Waals surface area (Å²) in [5.74, 6) is -0.359. The van der Waals surface area contributed by atoms with Crippen LogP contribution in [0.2, 0.25) is 0 Å². The van der Waals surface area contributed by atoms with E-state index in [9.17, 15) is 30.0 Å². The number of sulfone groups is 1. The first-order valence-electron chi connectivity index (χ1n) is 9.07. The minimum Gasteiger partial charge on any atom is -0.493 e. The Labute approximate surface area is 179 Å². The number of halogens is 3. The molecule has 0 aliphatic carbocycles. The first-order chi connectivity index (χ1) is 14.3. The number of ether oxygens (including phenoxy) is 2. The van der Waals surface area contributed by atoms with Gasteiger partial charge in [0.1, 0.15) is 18.1 Å². The molecule has 0 aromatic heterocycles. The van der Waals surface area contributed by atoms with Crippen molar-refractivity contribution in [2.24, 2.45) is 0 Å². The highest BCUT2D eigenvalue weighted by atomic mass is 32.2. The van der Waals surface area contributed by atoms with Gasteiger partial charge < -0.3 is 9.47 Å². The van der Waals surface area contributed by atoms with E-state index in [0.29, 0.717) is 0 Å². The maximum Gasteiger partial charge on any atom is 0.573 e. The summed E-state index contributed by atoms with van der Waals surface area (Å²) >= 11 is 0. The Morgan fingerprint density at radius 1 is 0.968 bits per heavy atom. The zero-order chi connectivity index (χ0) is 23.3. The molecular weight excluding hydrogens is 459 g/mol. The molecule has 0 aliphatic heterocycles. The van der Waals surface area contributed by atoms with Crippen LogP contribution in [0.25, 0.3) is 0 Å². The van der Waals surface area contributed by atoms with Gasteiger partial charge in [-0.3, -0.25) is 0 Å². The fourth-order valence-electron chi connectivity index (χ4n) is 2.50. The Morgan fingerprint density at radius 2 is 1.58 bits per heavy atom. The van der Waals surface area contributed by atoms with E-state index in [4.69, 9.17) is 4.74 Å². The zero-order valence-corrected chi connectivity index (χ0v) is 18.4. The standard InChI is InChI=1S/C19H22F3NO6S2/c1-3-30(24,25)13-12-28-16-8-10-17(11-9-16)31(26,27)23(2)14-15-6-4-5-7-18(15)29-19(20,21)22/h4-11H,3,12-14H2,1-2H3. The van der Waals surface area contributed by atoms with Gasteiger partial charge in [-0.15, -0.1) is 13.2 Å². The molecule has 0 amide bonds. The number of sulfonamides is 1. The van der Waals surface area contributed by atoms with Crippen molar-refractivity contribution in [2.75, 3.05) is 25.2 Å². The van der Waals surface area contributed by atoms with Crippen LogP contribution in [0.15, 0.2) is 53.4 Å². The molecular formula is C19H22F3NO6S2. The summed E-state index contributed by atoms with van der Waals surface area (Å²) in [7, 11) is -5.97. The van der Waals surface area contributed by atoms with Crippen molar-refractivity contribution in [2.45, 2.75) is 24.7 Å². The molecule has 0 unspecified atom stereocenters. The molecule has 172 valence electrons. The van der Waals surface area contributed by atoms with Crippen LogP contribution in [-0.4, -0.2) is 52.7 Å². The maximum atomic E-state index is 12.8. The fourth-order valence-corrected chi connectivity index (χ4v) is 4.28. The van der Waals surface area contributed by atoms with E-state index in [1.807, 2.05) is 0 Å². The zero-order valence-electron chi connectivity index (χ0n) is 16.8. The Bertz CT molecular complexity index is 1080. The van der Waals surface area contributed by atoms with Gasteiger partial charge in [0.25, 0.3) is 0 Å². The average Bonchev–Trinajstić information content (AvgIpc) is 2.68. The number of rotatable bonds is 10. The van der Waals surface area contributed by atoms with E-state index < -0.39 is 32.0 Å². The number of nitrogens with zero attached hydrogens (tertiary/aromatic N) is 1. The van der Waals surface area contributed by atoms with Gasteiger partial charge in [0.2, 0.25) is 10.0 Å². The molecule has 2 aromatic carbocycles. The normalized spacial score (nSPS) is 12.7. The predicted molar refractivity (Wildman–Crippen MR) is 108 cm³/mol. The number of hydrogen-bond acceptors (Lipinski definition) is 6. The van der Waals surface area contributed by atoms with Crippen LogP contribution in [-0.2, 0) is 26.4 Å². The second-order valence-corrected chi connectivity index (χ2v) is 11.0. The van der Waals surface area contributed by atoms with Crippen LogP contribution in [0.5, 0.6) is 11.5 Å². The molecule has 0 heterocycles. The van der Waals surface area contributed by atoms with Crippen LogP contribution < -0.4 is 9.47 Å². The maximum absolute atomic E-state index is 12.8. The molecule has 2 rings (SSSR count). The molecule has 0 saturated carbocycles. The van der Waals surface area contributed by atoms with Crippen molar-refractivity contribution in [3.8, 4) is 11.5 Å². The first-order valence-corrected chi connectivity index (χ1v) is 12.3. The lowest BCUT2D eigenvalue weighted by Gasteiger charge is -2.20. The summed E-state index contributed by atoms with van der Waals surface area (Å²) in [5, 5.41) is 0. The summed E-state index contributed by atoms with van der Waals surface area (Å²) in [4.78, 5) is -0.0993. The van der Waals surface area contributed by atoms with Crippen LogP contribution in [0.4, 0.5) is 13.2 Å². The van der Waals surface area contributed by atoms with Crippen molar-refractivity contribution in [1.29, 1.82) is 0 Å². The van der Waals surface area contributed by atoms with Gasteiger partial charge >= 0.3 is 6.36 Å². The number of hydrogen-bond donors (Lipinski definition) is 0. The van der Waals surface area contributed by atoms with Gasteiger partial charge in [0.15, 0.2) is 9.84 Å². The molecule has 0 fully saturated rings. The van der Waals surface area contributed by atoms with E-state index in [1.165, 1.54) is 56.4 Å². The largest absolute Gasteiger partial charge is 0.573 e. The molecule has 0 aliphatic rings. The van der Waals surface area contributed by atoms with E-state index in [0.717, 1.165) is 10.4 Å². The Balaban J connectivity index is 2.10. The molecule has 0 atom stereocenters. The summed E-state index contributed by atoms with van der Waals surface area (Å²) in [6.45, 7) is 1.11. The Hall–Kier alpha value is -2.31.